The van der Waals surface area contributed by atoms with E-state index in [0.717, 1.165) is 23.3 Å². The van der Waals surface area contributed by atoms with Crippen LogP contribution in [0.3, 0.4) is 0 Å². The number of ether oxygens (including phenoxy) is 1. The summed E-state index contributed by atoms with van der Waals surface area (Å²) in [5.41, 5.74) is 2.68. The molecule has 10 heteroatoms. The largest absolute Gasteiger partial charge is 0.573 e. The number of hydrogen-bond donors (Lipinski definition) is 1. The second kappa shape index (κ2) is 8.42. The first-order chi connectivity index (χ1) is 14.9. The maximum absolute atomic E-state index is 12.7. The Kier molecular flexibility index (Phi) is 5.52. The van der Waals surface area contributed by atoms with Crippen molar-refractivity contribution in [3.05, 3.63) is 84.4 Å². The van der Waals surface area contributed by atoms with Crippen LogP contribution in [0, 0.1) is 0 Å². The van der Waals surface area contributed by atoms with Crippen molar-refractivity contribution in [2.75, 3.05) is 11.9 Å². The van der Waals surface area contributed by atoms with Gasteiger partial charge in [0.2, 0.25) is 0 Å². The minimum atomic E-state index is -4.78. The van der Waals surface area contributed by atoms with Crippen LogP contribution in [0.1, 0.15) is 17.0 Å². The number of nitrogens with one attached hydrogen (secondary N) is 1. The minimum absolute atomic E-state index is 0.225. The van der Waals surface area contributed by atoms with Crippen molar-refractivity contribution in [1.29, 1.82) is 0 Å². The van der Waals surface area contributed by atoms with Gasteiger partial charge in [-0.1, -0.05) is 30.3 Å². The summed E-state index contributed by atoms with van der Waals surface area (Å²) < 4.78 is 40.7. The van der Waals surface area contributed by atoms with Crippen molar-refractivity contribution in [3.63, 3.8) is 0 Å². The van der Waals surface area contributed by atoms with Gasteiger partial charge in [-0.2, -0.15) is 5.10 Å². The minimum Gasteiger partial charge on any atom is -0.406 e. The Hall–Kier alpha value is -3.95. The molecule has 158 valence electrons. The van der Waals surface area contributed by atoms with E-state index in [1.54, 1.807) is 12.4 Å². The molecule has 0 spiro atoms. The molecule has 1 aromatic heterocycles. The molecule has 1 aliphatic rings. The number of hydrazone groups is 1. The van der Waals surface area contributed by atoms with Crippen LogP contribution in [-0.4, -0.2) is 39.6 Å². The van der Waals surface area contributed by atoms with Gasteiger partial charge in [0.15, 0.2) is 0 Å². The van der Waals surface area contributed by atoms with E-state index in [1.807, 2.05) is 30.3 Å². The number of anilines is 1. The van der Waals surface area contributed by atoms with Crippen molar-refractivity contribution in [2.24, 2.45) is 5.10 Å². The van der Waals surface area contributed by atoms with Gasteiger partial charge >= 0.3 is 12.4 Å². The Bertz CT molecular complexity index is 1070. The van der Waals surface area contributed by atoms with Gasteiger partial charge in [-0.15, -0.1) is 13.2 Å². The maximum atomic E-state index is 12.7. The Balaban J connectivity index is 1.52. The number of benzene rings is 2. The zero-order chi connectivity index (χ0) is 21.8. The number of nitrogens with zero attached hydrogens (tertiary/aromatic N) is 4. The summed E-state index contributed by atoms with van der Waals surface area (Å²) in [6, 6.07) is 13.8. The lowest BCUT2D eigenvalue weighted by molar-refractivity contribution is -0.274. The highest BCUT2D eigenvalue weighted by atomic mass is 19.4. The van der Waals surface area contributed by atoms with Crippen molar-refractivity contribution in [1.82, 2.24) is 15.0 Å². The molecule has 0 aliphatic carbocycles. The molecule has 2 heterocycles. The zero-order valence-electron chi connectivity index (χ0n) is 16.0. The number of rotatable bonds is 4. The number of aromatic nitrogens is 2. The molecule has 3 aromatic rings. The average molecular weight is 427 g/mol. The fourth-order valence-electron chi connectivity index (χ4n) is 3.18. The summed E-state index contributed by atoms with van der Waals surface area (Å²) in [7, 11) is 0. The van der Waals surface area contributed by atoms with Gasteiger partial charge < -0.3 is 10.1 Å². The van der Waals surface area contributed by atoms with Gasteiger partial charge in [-0.3, -0.25) is 0 Å². The topological polar surface area (TPSA) is 79.7 Å². The fraction of sp³-hybridized carbons (Fsp3) is 0.143. The smallest absolute Gasteiger partial charge is 0.406 e. The van der Waals surface area contributed by atoms with Crippen LogP contribution >= 0.6 is 0 Å². The molecular weight excluding hydrogens is 411 g/mol. The molecule has 31 heavy (non-hydrogen) atoms. The summed E-state index contributed by atoms with van der Waals surface area (Å²) in [5.74, 6) is -0.600. The van der Waals surface area contributed by atoms with E-state index in [2.05, 4.69) is 25.1 Å². The predicted octanol–water partition coefficient (Wildman–Crippen LogP) is 4.41. The van der Waals surface area contributed by atoms with Gasteiger partial charge in [-0.25, -0.2) is 19.8 Å². The fourth-order valence-corrected chi connectivity index (χ4v) is 3.18. The molecule has 1 atom stereocenters. The van der Waals surface area contributed by atoms with E-state index in [-0.39, 0.29) is 18.2 Å². The van der Waals surface area contributed by atoms with Crippen LogP contribution in [0.15, 0.2) is 78.4 Å². The Labute approximate surface area is 175 Å². The quantitative estimate of drug-likeness (QED) is 0.669. The van der Waals surface area contributed by atoms with E-state index in [1.165, 1.54) is 23.5 Å². The van der Waals surface area contributed by atoms with Crippen LogP contribution in [0.4, 0.5) is 23.7 Å². The van der Waals surface area contributed by atoms with E-state index in [0.29, 0.717) is 11.4 Å². The van der Waals surface area contributed by atoms with Crippen molar-refractivity contribution in [3.8, 4) is 5.75 Å². The van der Waals surface area contributed by atoms with Crippen molar-refractivity contribution >= 4 is 17.4 Å². The number of carbonyl (C=O) groups excluding carboxylic acids is 1. The second-order valence-corrected chi connectivity index (χ2v) is 6.66. The third-order valence-corrected chi connectivity index (χ3v) is 4.54. The predicted molar refractivity (Wildman–Crippen MR) is 107 cm³/mol. The van der Waals surface area contributed by atoms with E-state index < -0.39 is 12.4 Å². The van der Waals surface area contributed by atoms with Crippen molar-refractivity contribution < 1.29 is 22.7 Å². The third-order valence-electron chi connectivity index (χ3n) is 4.54. The monoisotopic (exact) mass is 427 g/mol. The highest BCUT2D eigenvalue weighted by Crippen LogP contribution is 2.29. The summed E-state index contributed by atoms with van der Waals surface area (Å²) in [6.45, 7) is 0.263. The molecule has 7 nitrogen and oxygen atoms in total. The molecule has 0 saturated carbocycles. The standard InChI is InChI=1S/C21H16F3N5O2/c22-21(23,24)31-17-8-6-16(7-9-17)27-20(30)29-12-18(15-10-25-13-26-11-15)19(28-29)14-4-2-1-3-5-14/h1-11,13,18H,12H2,(H,27,30). The summed E-state index contributed by atoms with van der Waals surface area (Å²) in [4.78, 5) is 20.9. The number of amides is 2. The van der Waals surface area contributed by atoms with Gasteiger partial charge in [0.25, 0.3) is 0 Å². The Morgan fingerprint density at radius 3 is 2.35 bits per heavy atom. The molecular formula is C21H16F3N5O2. The molecule has 2 amide bonds. The van der Waals surface area contributed by atoms with E-state index >= 15 is 0 Å². The first kappa shape index (κ1) is 20.3. The molecule has 4 rings (SSSR count). The molecule has 2 aromatic carbocycles. The number of hydrogen-bond acceptors (Lipinski definition) is 5. The van der Waals surface area contributed by atoms with Crippen LogP contribution < -0.4 is 10.1 Å². The first-order valence-corrected chi connectivity index (χ1v) is 9.22. The van der Waals surface area contributed by atoms with Gasteiger partial charge in [0.1, 0.15) is 12.1 Å². The van der Waals surface area contributed by atoms with Crippen LogP contribution in [0.25, 0.3) is 0 Å². The number of carbonyl (C=O) groups is 1. The van der Waals surface area contributed by atoms with Crippen LogP contribution in [-0.2, 0) is 0 Å². The first-order valence-electron chi connectivity index (χ1n) is 9.22. The third kappa shape index (κ3) is 4.97. The lowest BCUT2D eigenvalue weighted by Gasteiger charge is -2.16. The second-order valence-electron chi connectivity index (χ2n) is 6.66. The summed E-state index contributed by atoms with van der Waals surface area (Å²) >= 11 is 0. The number of urea groups is 1. The molecule has 1 unspecified atom stereocenters. The highest BCUT2D eigenvalue weighted by Gasteiger charge is 2.33. The summed E-state index contributed by atoms with van der Waals surface area (Å²) in [6.07, 6.45) is 0.00126. The Morgan fingerprint density at radius 1 is 1.03 bits per heavy atom. The molecule has 1 aliphatic heterocycles. The highest BCUT2D eigenvalue weighted by molar-refractivity contribution is 6.07. The van der Waals surface area contributed by atoms with Crippen LogP contribution in [0.2, 0.25) is 0 Å². The number of alkyl halides is 3. The van der Waals surface area contributed by atoms with Gasteiger partial charge in [0, 0.05) is 18.1 Å². The number of halogens is 3. The summed E-state index contributed by atoms with van der Waals surface area (Å²) in [5, 5.41) is 8.39. The SMILES string of the molecule is O=C(Nc1ccc(OC(F)(F)F)cc1)N1CC(c2cncnc2)C(c2ccccc2)=N1. The van der Waals surface area contributed by atoms with E-state index in [9.17, 15) is 18.0 Å². The average Bonchev–Trinajstić information content (AvgIpc) is 3.21. The lowest BCUT2D eigenvalue weighted by Crippen LogP contribution is -2.30. The zero-order valence-corrected chi connectivity index (χ0v) is 16.0. The van der Waals surface area contributed by atoms with Gasteiger partial charge in [-0.05, 0) is 35.4 Å². The van der Waals surface area contributed by atoms with E-state index in [4.69, 9.17) is 0 Å². The molecule has 0 fully saturated rings. The van der Waals surface area contributed by atoms with Crippen molar-refractivity contribution in [2.45, 2.75) is 12.3 Å². The van der Waals surface area contributed by atoms with Gasteiger partial charge in [0.05, 0.1) is 18.2 Å². The molecule has 0 saturated heterocycles. The maximum Gasteiger partial charge on any atom is 0.573 e. The normalized spacial score (nSPS) is 16.0. The molecule has 0 radical (unpaired) electrons. The van der Waals surface area contributed by atoms with Crippen LogP contribution in [0.5, 0.6) is 5.75 Å². The molecule has 1 N–H and O–H groups in total. The Morgan fingerprint density at radius 2 is 1.71 bits per heavy atom. The molecule has 0 bridgehead atoms. The lowest BCUT2D eigenvalue weighted by atomic mass is 9.92.